The Hall–Kier alpha value is -1.96. The van der Waals surface area contributed by atoms with Gasteiger partial charge in [0.2, 0.25) is 5.91 Å². The van der Waals surface area contributed by atoms with Crippen LogP contribution in [0.5, 0.6) is 0 Å². The second-order valence-electron chi connectivity index (χ2n) is 5.08. The lowest BCUT2D eigenvalue weighted by atomic mass is 10.1. The maximum atomic E-state index is 12.8. The number of carbonyl (C=O) groups excluding carboxylic acids is 1. The zero-order chi connectivity index (χ0) is 16.7. The highest BCUT2D eigenvalue weighted by Crippen LogP contribution is 2.37. The third-order valence-electron chi connectivity index (χ3n) is 3.62. The highest BCUT2D eigenvalue weighted by molar-refractivity contribution is 8.00. The van der Waals surface area contributed by atoms with Gasteiger partial charge in [-0.05, 0) is 24.1 Å². The van der Waals surface area contributed by atoms with Gasteiger partial charge in [-0.1, -0.05) is 41.0 Å². The molecule has 0 fully saturated rings. The number of hydrogen-bond acceptors (Lipinski definition) is 6. The van der Waals surface area contributed by atoms with Crippen molar-refractivity contribution < 1.29 is 4.79 Å². The average molecular weight is 378 g/mol. The van der Waals surface area contributed by atoms with Crippen molar-refractivity contribution in [3.8, 4) is 11.5 Å². The summed E-state index contributed by atoms with van der Waals surface area (Å²) < 4.78 is 1.48. The molecule has 0 amide bonds. The molecule has 6 nitrogen and oxygen atoms in total. The van der Waals surface area contributed by atoms with E-state index in [0.717, 1.165) is 5.56 Å². The number of nitrogens with zero attached hydrogens (tertiary/aromatic N) is 5. The standard InChI is InChI=1S/C15H9Cl2N5OS/c16-9-2-1-3-10(17)8(9)6-12-14(23)22-13(20-21-15(22)24-12)11-7-18-4-5-19-11/h1-5,7,12H,6H2/t12-/m1/s1. The minimum atomic E-state index is -0.358. The quantitative estimate of drug-likeness (QED) is 0.696. The first-order valence-electron chi connectivity index (χ1n) is 7.00. The van der Waals surface area contributed by atoms with Gasteiger partial charge in [0, 0.05) is 22.4 Å². The molecule has 2 aromatic heterocycles. The van der Waals surface area contributed by atoms with Gasteiger partial charge in [0.1, 0.15) is 5.69 Å². The van der Waals surface area contributed by atoms with E-state index in [-0.39, 0.29) is 11.2 Å². The van der Waals surface area contributed by atoms with Crippen molar-refractivity contribution in [1.82, 2.24) is 24.7 Å². The summed E-state index contributed by atoms with van der Waals surface area (Å²) in [6.45, 7) is 0. The zero-order valence-electron chi connectivity index (χ0n) is 12.1. The molecule has 4 rings (SSSR count). The molecule has 0 spiro atoms. The van der Waals surface area contributed by atoms with E-state index >= 15 is 0 Å². The van der Waals surface area contributed by atoms with E-state index in [9.17, 15) is 4.79 Å². The smallest absolute Gasteiger partial charge is 0.248 e. The number of fused-ring (bicyclic) bond motifs is 1. The lowest BCUT2D eigenvalue weighted by molar-refractivity contribution is 0.0911. The van der Waals surface area contributed by atoms with Gasteiger partial charge in [-0.15, -0.1) is 10.2 Å². The molecule has 9 heteroatoms. The van der Waals surface area contributed by atoms with Gasteiger partial charge in [-0.2, -0.15) is 0 Å². The van der Waals surface area contributed by atoms with E-state index < -0.39 is 0 Å². The molecule has 3 heterocycles. The van der Waals surface area contributed by atoms with Crippen LogP contribution in [0.1, 0.15) is 10.4 Å². The predicted molar refractivity (Wildman–Crippen MR) is 91.5 cm³/mol. The predicted octanol–water partition coefficient (Wildman–Crippen LogP) is 3.40. The Morgan fingerprint density at radius 3 is 2.67 bits per heavy atom. The molecule has 3 aromatic rings. The molecule has 0 N–H and O–H groups in total. The lowest BCUT2D eigenvalue weighted by Gasteiger charge is -2.10. The molecule has 1 aliphatic rings. The molecule has 120 valence electrons. The monoisotopic (exact) mass is 377 g/mol. The Morgan fingerprint density at radius 1 is 1.17 bits per heavy atom. The lowest BCUT2D eigenvalue weighted by Crippen LogP contribution is -2.21. The molecule has 1 aliphatic heterocycles. The Labute approximate surface area is 151 Å². The van der Waals surface area contributed by atoms with Gasteiger partial charge < -0.3 is 0 Å². The molecule has 0 aliphatic carbocycles. The first-order valence-corrected chi connectivity index (χ1v) is 8.64. The molecular weight excluding hydrogens is 369 g/mol. The van der Waals surface area contributed by atoms with Crippen molar-refractivity contribution in [1.29, 1.82) is 0 Å². The van der Waals surface area contributed by atoms with Crippen molar-refractivity contribution in [3.05, 3.63) is 52.4 Å². The van der Waals surface area contributed by atoms with Crippen LogP contribution in [0.4, 0.5) is 0 Å². The Balaban J connectivity index is 1.66. The van der Waals surface area contributed by atoms with Crippen LogP contribution in [0.25, 0.3) is 11.5 Å². The number of thioether (sulfide) groups is 1. The number of halogens is 2. The number of carbonyl (C=O) groups is 1. The van der Waals surface area contributed by atoms with Crippen LogP contribution in [0, 0.1) is 0 Å². The van der Waals surface area contributed by atoms with Crippen LogP contribution in [0.15, 0.2) is 41.9 Å². The summed E-state index contributed by atoms with van der Waals surface area (Å²) in [6.07, 6.45) is 5.08. The first-order chi connectivity index (χ1) is 11.6. The summed E-state index contributed by atoms with van der Waals surface area (Å²) in [6, 6.07) is 5.30. The molecule has 0 radical (unpaired) electrons. The van der Waals surface area contributed by atoms with Crippen LogP contribution in [0.2, 0.25) is 10.0 Å². The Bertz CT molecular complexity index is 911. The minimum Gasteiger partial charge on any atom is -0.273 e. The van der Waals surface area contributed by atoms with Crippen molar-refractivity contribution >= 4 is 40.9 Å². The minimum absolute atomic E-state index is 0.114. The van der Waals surface area contributed by atoms with Crippen molar-refractivity contribution in [3.63, 3.8) is 0 Å². The second kappa shape index (κ2) is 6.16. The summed E-state index contributed by atoms with van der Waals surface area (Å²) in [5.41, 5.74) is 1.26. The fraction of sp³-hybridized carbons (Fsp3) is 0.133. The molecule has 1 aromatic carbocycles. The van der Waals surface area contributed by atoms with Crippen LogP contribution < -0.4 is 0 Å². The van der Waals surface area contributed by atoms with Crippen LogP contribution >= 0.6 is 35.0 Å². The largest absolute Gasteiger partial charge is 0.273 e. The van der Waals surface area contributed by atoms with Crippen LogP contribution in [0.3, 0.4) is 0 Å². The average Bonchev–Trinajstić information content (AvgIpc) is 3.13. The summed E-state index contributed by atoms with van der Waals surface area (Å²) in [5, 5.41) is 9.41. The Morgan fingerprint density at radius 2 is 1.96 bits per heavy atom. The van der Waals surface area contributed by atoms with Gasteiger partial charge in [0.05, 0.1) is 11.4 Å². The van der Waals surface area contributed by atoms with Crippen molar-refractivity contribution in [2.75, 3.05) is 0 Å². The number of aromatic nitrogens is 5. The summed E-state index contributed by atoms with van der Waals surface area (Å²) >= 11 is 13.8. The van der Waals surface area contributed by atoms with Crippen LogP contribution in [-0.2, 0) is 6.42 Å². The molecule has 0 unspecified atom stereocenters. The molecular formula is C15H9Cl2N5OS. The molecule has 0 bridgehead atoms. The molecule has 0 saturated carbocycles. The van der Waals surface area contributed by atoms with Gasteiger partial charge in [-0.25, -0.2) is 9.55 Å². The van der Waals surface area contributed by atoms with Crippen LogP contribution in [-0.4, -0.2) is 35.9 Å². The number of rotatable bonds is 3. The van der Waals surface area contributed by atoms with E-state index in [1.807, 2.05) is 0 Å². The second-order valence-corrected chi connectivity index (χ2v) is 7.07. The van der Waals surface area contributed by atoms with Gasteiger partial charge in [0.25, 0.3) is 0 Å². The van der Waals surface area contributed by atoms with E-state index in [1.165, 1.54) is 16.3 Å². The molecule has 1 atom stereocenters. The maximum absolute atomic E-state index is 12.8. The third kappa shape index (κ3) is 2.58. The molecule has 0 saturated heterocycles. The van der Waals surface area contributed by atoms with E-state index in [4.69, 9.17) is 23.2 Å². The third-order valence-corrected chi connectivity index (χ3v) is 5.46. The first kappa shape index (κ1) is 15.6. The SMILES string of the molecule is O=C1[C@@H](Cc2c(Cl)cccc2Cl)Sc2nnc(-c3cnccn3)n21. The summed E-state index contributed by atoms with van der Waals surface area (Å²) in [4.78, 5) is 21.0. The van der Waals surface area contributed by atoms with Crippen molar-refractivity contribution in [2.45, 2.75) is 16.8 Å². The topological polar surface area (TPSA) is 73.6 Å². The normalized spacial score (nSPS) is 16.4. The summed E-state index contributed by atoms with van der Waals surface area (Å²) in [5.74, 6) is 0.278. The molecule has 24 heavy (non-hydrogen) atoms. The maximum Gasteiger partial charge on any atom is 0.248 e. The highest BCUT2D eigenvalue weighted by atomic mass is 35.5. The number of hydrogen-bond donors (Lipinski definition) is 0. The zero-order valence-corrected chi connectivity index (χ0v) is 14.4. The highest BCUT2D eigenvalue weighted by Gasteiger charge is 2.36. The summed E-state index contributed by atoms with van der Waals surface area (Å²) in [7, 11) is 0. The van der Waals surface area contributed by atoms with E-state index in [1.54, 1.807) is 36.8 Å². The van der Waals surface area contributed by atoms with E-state index in [0.29, 0.717) is 33.1 Å². The fourth-order valence-electron chi connectivity index (χ4n) is 2.49. The fourth-order valence-corrected chi connectivity index (χ4v) is 4.12. The van der Waals surface area contributed by atoms with Gasteiger partial charge in [-0.3, -0.25) is 9.78 Å². The number of benzene rings is 1. The van der Waals surface area contributed by atoms with Crippen molar-refractivity contribution in [2.24, 2.45) is 0 Å². The Kier molecular flexibility index (Phi) is 3.99. The van der Waals surface area contributed by atoms with Gasteiger partial charge >= 0.3 is 0 Å². The van der Waals surface area contributed by atoms with Gasteiger partial charge in [0.15, 0.2) is 11.0 Å². The van der Waals surface area contributed by atoms with E-state index in [2.05, 4.69) is 20.2 Å².